The predicted octanol–water partition coefficient (Wildman–Crippen LogP) is 3.01. The number of hydrogen-bond donors (Lipinski definition) is 0. The Morgan fingerprint density at radius 2 is 2.27 bits per heavy atom. The number of rotatable bonds is 1. The second-order valence-electron chi connectivity index (χ2n) is 3.52. The summed E-state index contributed by atoms with van der Waals surface area (Å²) in [5.74, 6) is -0.191. The first-order valence-corrected chi connectivity index (χ1v) is 5.54. The van der Waals surface area contributed by atoms with Crippen LogP contribution in [0.5, 0.6) is 0 Å². The van der Waals surface area contributed by atoms with Gasteiger partial charge in [-0.2, -0.15) is 0 Å². The van der Waals surface area contributed by atoms with Gasteiger partial charge in [0.2, 0.25) is 0 Å². The summed E-state index contributed by atoms with van der Waals surface area (Å²) in [5.41, 5.74) is 0.456. The monoisotopic (exact) mass is 272 g/mol. The highest BCUT2D eigenvalue weighted by molar-refractivity contribution is 9.10. The Balaban J connectivity index is 2.27. The van der Waals surface area contributed by atoms with Crippen LogP contribution in [0.2, 0.25) is 0 Å². The van der Waals surface area contributed by atoms with E-state index in [1.165, 1.54) is 6.07 Å². The Morgan fingerprint density at radius 3 is 3.00 bits per heavy atom. The van der Waals surface area contributed by atoms with Gasteiger partial charge in [-0.15, -0.1) is 0 Å². The molecule has 80 valence electrons. The van der Waals surface area contributed by atoms with Crippen molar-refractivity contribution in [1.29, 1.82) is 0 Å². The van der Waals surface area contributed by atoms with Crippen molar-refractivity contribution in [2.45, 2.75) is 18.9 Å². The number of carbonyl (C=O) groups is 1. The molecule has 1 aromatic rings. The maximum atomic E-state index is 13.5. The molecule has 0 aromatic heterocycles. The summed E-state index contributed by atoms with van der Waals surface area (Å²) in [5, 5.41) is 0. The first-order valence-electron chi connectivity index (χ1n) is 4.75. The zero-order valence-electron chi connectivity index (χ0n) is 8.00. The third-order valence-electron chi connectivity index (χ3n) is 2.42. The summed E-state index contributed by atoms with van der Waals surface area (Å²) in [6.45, 7) is 0.384. The zero-order chi connectivity index (χ0) is 10.8. The number of Topliss-reactive ketones (excluding diaryl/α,β-unsaturated/α-hetero) is 1. The number of halogens is 2. The topological polar surface area (TPSA) is 26.3 Å². The molecule has 0 aliphatic carbocycles. The average molecular weight is 273 g/mol. The van der Waals surface area contributed by atoms with Crippen LogP contribution in [0.25, 0.3) is 0 Å². The molecule has 1 aromatic carbocycles. The number of carbonyl (C=O) groups excluding carboxylic acids is 1. The molecule has 1 aliphatic heterocycles. The lowest BCUT2D eigenvalue weighted by Gasteiger charge is -2.22. The van der Waals surface area contributed by atoms with Crippen LogP contribution in [-0.4, -0.2) is 12.4 Å². The van der Waals surface area contributed by atoms with Gasteiger partial charge in [0.1, 0.15) is 11.6 Å². The molecule has 15 heavy (non-hydrogen) atoms. The molecule has 4 heteroatoms. The fraction of sp³-hybridized carbons (Fsp3) is 0.364. The number of hydrogen-bond acceptors (Lipinski definition) is 2. The maximum Gasteiger partial charge on any atom is 0.138 e. The Kier molecular flexibility index (Phi) is 3.17. The van der Waals surface area contributed by atoms with Crippen LogP contribution >= 0.6 is 15.9 Å². The van der Waals surface area contributed by atoms with E-state index in [0.29, 0.717) is 18.6 Å². The third-order valence-corrected chi connectivity index (χ3v) is 2.91. The van der Waals surface area contributed by atoms with E-state index in [0.717, 1.165) is 4.47 Å². The largest absolute Gasteiger partial charge is 0.372 e. The Morgan fingerprint density at radius 1 is 1.47 bits per heavy atom. The molecule has 0 saturated carbocycles. The molecule has 0 radical (unpaired) electrons. The van der Waals surface area contributed by atoms with Crippen molar-refractivity contribution in [3.63, 3.8) is 0 Å². The van der Waals surface area contributed by atoms with Crippen LogP contribution in [0.4, 0.5) is 4.39 Å². The number of ketones is 1. The molecule has 1 heterocycles. The van der Waals surface area contributed by atoms with Crippen molar-refractivity contribution in [3.8, 4) is 0 Å². The molecule has 1 fully saturated rings. The second kappa shape index (κ2) is 4.41. The van der Waals surface area contributed by atoms with Gasteiger partial charge in [-0.1, -0.05) is 15.9 Å². The zero-order valence-corrected chi connectivity index (χ0v) is 9.59. The molecule has 0 bridgehead atoms. The van der Waals surface area contributed by atoms with Crippen molar-refractivity contribution < 1.29 is 13.9 Å². The molecule has 2 rings (SSSR count). The van der Waals surface area contributed by atoms with Crippen molar-refractivity contribution in [2.24, 2.45) is 0 Å². The smallest absolute Gasteiger partial charge is 0.138 e. The molecule has 0 N–H and O–H groups in total. The van der Waals surface area contributed by atoms with E-state index >= 15 is 0 Å². The first-order chi connectivity index (χ1) is 7.16. The minimum Gasteiger partial charge on any atom is -0.372 e. The molecule has 2 nitrogen and oxygen atoms in total. The number of ether oxygens (including phenoxy) is 1. The Labute approximate surface area is 95.6 Å². The molecule has 0 amide bonds. The fourth-order valence-corrected chi connectivity index (χ4v) is 2.02. The van der Waals surface area contributed by atoms with Gasteiger partial charge in [0.05, 0.1) is 12.7 Å². The van der Waals surface area contributed by atoms with Gasteiger partial charge in [-0.3, -0.25) is 4.79 Å². The van der Waals surface area contributed by atoms with Crippen LogP contribution in [0.15, 0.2) is 22.7 Å². The van der Waals surface area contributed by atoms with Gasteiger partial charge < -0.3 is 4.74 Å². The fourth-order valence-electron chi connectivity index (χ4n) is 1.64. The summed E-state index contributed by atoms with van der Waals surface area (Å²) < 4.78 is 19.6. The van der Waals surface area contributed by atoms with Crippen LogP contribution < -0.4 is 0 Å². The van der Waals surface area contributed by atoms with Crippen LogP contribution in [0, 0.1) is 5.82 Å². The molecule has 1 unspecified atom stereocenters. The van der Waals surface area contributed by atoms with E-state index in [4.69, 9.17) is 4.74 Å². The minimum absolute atomic E-state index is 0.130. The molecule has 1 saturated heterocycles. The van der Waals surface area contributed by atoms with Crippen molar-refractivity contribution >= 4 is 21.7 Å². The standard InChI is InChI=1S/C11H10BrFO2/c12-7-1-2-10(13)9(5-7)11-6-8(14)3-4-15-11/h1-2,5,11H,3-4,6H2. The Hall–Kier alpha value is -0.740. The average Bonchev–Trinajstić information content (AvgIpc) is 2.22. The maximum absolute atomic E-state index is 13.5. The SMILES string of the molecule is O=C1CCOC(c2cc(Br)ccc2F)C1. The van der Waals surface area contributed by atoms with E-state index < -0.39 is 6.10 Å². The summed E-state index contributed by atoms with van der Waals surface area (Å²) in [6, 6.07) is 4.67. The van der Waals surface area contributed by atoms with E-state index in [1.807, 2.05) is 0 Å². The lowest BCUT2D eigenvalue weighted by Crippen LogP contribution is -2.20. The van der Waals surface area contributed by atoms with Gasteiger partial charge in [-0.25, -0.2) is 4.39 Å². The van der Waals surface area contributed by atoms with Crippen LogP contribution in [0.3, 0.4) is 0 Å². The van der Waals surface area contributed by atoms with E-state index in [1.54, 1.807) is 12.1 Å². The lowest BCUT2D eigenvalue weighted by atomic mass is 10.0. The summed E-state index contributed by atoms with van der Waals surface area (Å²) in [6.07, 6.45) is 0.281. The van der Waals surface area contributed by atoms with Gasteiger partial charge >= 0.3 is 0 Å². The molecular formula is C11H10BrFO2. The highest BCUT2D eigenvalue weighted by atomic mass is 79.9. The molecule has 0 spiro atoms. The quantitative estimate of drug-likeness (QED) is 0.786. The highest BCUT2D eigenvalue weighted by Crippen LogP contribution is 2.29. The minimum atomic E-state index is -0.427. The normalized spacial score (nSPS) is 21.7. The second-order valence-corrected chi connectivity index (χ2v) is 4.43. The van der Waals surface area contributed by atoms with E-state index in [2.05, 4.69) is 15.9 Å². The Bertz CT molecular complexity index is 392. The molecule has 1 atom stereocenters. The van der Waals surface area contributed by atoms with Crippen LogP contribution in [-0.2, 0) is 9.53 Å². The van der Waals surface area contributed by atoms with Crippen molar-refractivity contribution in [3.05, 3.63) is 34.1 Å². The molecular weight excluding hydrogens is 263 g/mol. The third kappa shape index (κ3) is 2.44. The first kappa shape index (κ1) is 10.8. The van der Waals surface area contributed by atoms with Gasteiger partial charge in [0, 0.05) is 22.9 Å². The van der Waals surface area contributed by atoms with E-state index in [-0.39, 0.29) is 18.0 Å². The van der Waals surface area contributed by atoms with Gasteiger partial charge in [0.15, 0.2) is 0 Å². The predicted molar refractivity (Wildman–Crippen MR) is 57.0 cm³/mol. The summed E-state index contributed by atoms with van der Waals surface area (Å²) in [4.78, 5) is 11.2. The summed E-state index contributed by atoms with van der Waals surface area (Å²) in [7, 11) is 0. The van der Waals surface area contributed by atoms with E-state index in [9.17, 15) is 9.18 Å². The van der Waals surface area contributed by atoms with Gasteiger partial charge in [-0.05, 0) is 18.2 Å². The van der Waals surface area contributed by atoms with Gasteiger partial charge in [0.25, 0.3) is 0 Å². The molecule has 1 aliphatic rings. The van der Waals surface area contributed by atoms with Crippen LogP contribution in [0.1, 0.15) is 24.5 Å². The number of benzene rings is 1. The van der Waals surface area contributed by atoms with Crippen molar-refractivity contribution in [2.75, 3.05) is 6.61 Å². The van der Waals surface area contributed by atoms with Crippen molar-refractivity contribution in [1.82, 2.24) is 0 Å². The lowest BCUT2D eigenvalue weighted by molar-refractivity contribution is -0.128. The highest BCUT2D eigenvalue weighted by Gasteiger charge is 2.24. The summed E-state index contributed by atoms with van der Waals surface area (Å²) >= 11 is 3.27.